The van der Waals surface area contributed by atoms with E-state index in [4.69, 9.17) is 0 Å². The Hall–Kier alpha value is -1.40. The fourth-order valence-corrected chi connectivity index (χ4v) is 4.69. The van der Waals surface area contributed by atoms with Crippen LogP contribution in [0.2, 0.25) is 0 Å². The molecule has 1 atom stereocenters. The van der Waals surface area contributed by atoms with Crippen LogP contribution in [0, 0.1) is 5.41 Å². The van der Waals surface area contributed by atoms with Crippen molar-refractivity contribution >= 4 is 43.9 Å². The van der Waals surface area contributed by atoms with E-state index < -0.39 is 11.4 Å². The number of carbonyl (C=O) groups excluding carboxylic acids is 1. The second kappa shape index (κ2) is 4.86. The van der Waals surface area contributed by atoms with E-state index in [1.807, 2.05) is 17.5 Å². The molecule has 0 radical (unpaired) electrons. The third-order valence-electron chi connectivity index (χ3n) is 3.85. The Balaban J connectivity index is 1.83. The molecule has 1 fully saturated rings. The first-order valence-corrected chi connectivity index (χ1v) is 8.19. The topological polar surface area (TPSA) is 57.6 Å². The van der Waals surface area contributed by atoms with Gasteiger partial charge in [-0.05, 0) is 37.3 Å². The van der Waals surface area contributed by atoms with Crippen molar-refractivity contribution in [1.29, 1.82) is 0 Å². The summed E-state index contributed by atoms with van der Waals surface area (Å²) in [7, 11) is 0. The van der Waals surface area contributed by atoms with Gasteiger partial charge in [0.15, 0.2) is 0 Å². The summed E-state index contributed by atoms with van der Waals surface area (Å²) in [6.07, 6.45) is 1.37. The highest BCUT2D eigenvalue weighted by Crippen LogP contribution is 2.34. The normalized spacial score (nSPS) is 23.1. The predicted octanol–water partition coefficient (Wildman–Crippen LogP) is 3.29. The third-order valence-corrected chi connectivity index (χ3v) is 5.93. The lowest BCUT2D eigenvalue weighted by Gasteiger charge is -2.37. The molecule has 1 unspecified atom stereocenters. The molecule has 4 nitrogen and oxygen atoms in total. The highest BCUT2D eigenvalue weighted by molar-refractivity contribution is 7.27. The zero-order chi connectivity index (χ0) is 14.3. The monoisotopic (exact) mass is 309 g/mol. The van der Waals surface area contributed by atoms with Gasteiger partial charge in [0.2, 0.25) is 0 Å². The molecule has 0 spiro atoms. The van der Waals surface area contributed by atoms with Crippen molar-refractivity contribution in [2.24, 2.45) is 5.41 Å². The maximum absolute atomic E-state index is 12.5. The van der Waals surface area contributed by atoms with Crippen molar-refractivity contribution in [3.8, 4) is 0 Å². The Morgan fingerprint density at radius 1 is 1.40 bits per heavy atom. The second-order valence-electron chi connectivity index (χ2n) is 5.46. The second-order valence-corrected chi connectivity index (χ2v) is 7.49. The summed E-state index contributed by atoms with van der Waals surface area (Å²) in [6.45, 7) is 2.67. The van der Waals surface area contributed by atoms with Crippen LogP contribution in [-0.2, 0) is 4.79 Å². The molecule has 1 aliphatic heterocycles. The molecule has 0 aromatic carbocycles. The van der Waals surface area contributed by atoms with Gasteiger partial charge in [-0.1, -0.05) is 0 Å². The van der Waals surface area contributed by atoms with Gasteiger partial charge in [-0.3, -0.25) is 9.59 Å². The van der Waals surface area contributed by atoms with Gasteiger partial charge in [0, 0.05) is 22.5 Å². The number of aliphatic carboxylic acids is 1. The maximum Gasteiger partial charge on any atom is 0.311 e. The van der Waals surface area contributed by atoms with Crippen LogP contribution in [0.5, 0.6) is 0 Å². The average molecular weight is 309 g/mol. The van der Waals surface area contributed by atoms with Crippen LogP contribution in [-0.4, -0.2) is 35.0 Å². The number of carbonyl (C=O) groups is 2. The molecule has 3 heterocycles. The van der Waals surface area contributed by atoms with Crippen LogP contribution in [0.3, 0.4) is 0 Å². The van der Waals surface area contributed by atoms with Gasteiger partial charge in [0.05, 0.1) is 10.3 Å². The summed E-state index contributed by atoms with van der Waals surface area (Å²) >= 11 is 3.11. The Morgan fingerprint density at radius 2 is 2.20 bits per heavy atom. The third kappa shape index (κ3) is 2.23. The van der Waals surface area contributed by atoms with Crippen LogP contribution in [0.25, 0.3) is 9.40 Å². The summed E-state index contributed by atoms with van der Waals surface area (Å²) in [5, 5.41) is 11.3. The molecule has 0 saturated carbocycles. The first-order valence-electron chi connectivity index (χ1n) is 6.49. The highest BCUT2D eigenvalue weighted by atomic mass is 32.1. The van der Waals surface area contributed by atoms with E-state index in [2.05, 4.69) is 0 Å². The van der Waals surface area contributed by atoms with E-state index in [1.165, 1.54) is 11.3 Å². The minimum absolute atomic E-state index is 0.0365. The van der Waals surface area contributed by atoms with Crippen molar-refractivity contribution in [3.63, 3.8) is 0 Å². The van der Waals surface area contributed by atoms with E-state index in [0.29, 0.717) is 24.4 Å². The molecular weight excluding hydrogens is 294 g/mol. The van der Waals surface area contributed by atoms with Gasteiger partial charge in [0.25, 0.3) is 5.91 Å². The van der Waals surface area contributed by atoms with E-state index in [0.717, 1.165) is 15.8 Å². The molecule has 0 aliphatic carbocycles. The number of nitrogens with zero attached hydrogens (tertiary/aromatic N) is 1. The van der Waals surface area contributed by atoms with Crippen molar-refractivity contribution in [2.45, 2.75) is 19.8 Å². The number of hydrogen-bond acceptors (Lipinski definition) is 4. The van der Waals surface area contributed by atoms with Crippen LogP contribution >= 0.6 is 22.7 Å². The quantitative estimate of drug-likeness (QED) is 0.926. The van der Waals surface area contributed by atoms with Crippen LogP contribution in [0.4, 0.5) is 0 Å². The van der Waals surface area contributed by atoms with Crippen molar-refractivity contribution in [3.05, 3.63) is 22.4 Å². The fraction of sp³-hybridized carbons (Fsp3) is 0.429. The Labute approximate surface area is 124 Å². The molecule has 2 aromatic heterocycles. The number of thiophene rings is 2. The summed E-state index contributed by atoms with van der Waals surface area (Å²) in [6, 6.07) is 3.93. The average Bonchev–Trinajstić information content (AvgIpc) is 2.98. The van der Waals surface area contributed by atoms with Crippen LogP contribution < -0.4 is 0 Å². The summed E-state index contributed by atoms with van der Waals surface area (Å²) in [5.41, 5.74) is -0.817. The summed E-state index contributed by atoms with van der Waals surface area (Å²) in [4.78, 5) is 26.3. The summed E-state index contributed by atoms with van der Waals surface area (Å²) in [5.74, 6) is -0.854. The lowest BCUT2D eigenvalue weighted by atomic mass is 9.82. The predicted molar refractivity (Wildman–Crippen MR) is 80.6 cm³/mol. The van der Waals surface area contributed by atoms with Crippen LogP contribution in [0.1, 0.15) is 29.4 Å². The minimum atomic E-state index is -0.817. The first kappa shape index (κ1) is 13.6. The standard InChI is InChI=1S/C14H15NO3S2/c1-14(13(17)18)4-2-5-15(8-14)12(16)11-7-10-9(20-11)3-6-19-10/h3,6-7H,2,4-5,8H2,1H3,(H,17,18). The van der Waals surface area contributed by atoms with Gasteiger partial charge in [-0.25, -0.2) is 0 Å². The molecule has 20 heavy (non-hydrogen) atoms. The fourth-order valence-electron chi connectivity index (χ4n) is 2.61. The largest absolute Gasteiger partial charge is 0.481 e. The molecule has 2 aromatic rings. The minimum Gasteiger partial charge on any atom is -0.481 e. The number of amides is 1. The Morgan fingerprint density at radius 3 is 2.90 bits per heavy atom. The zero-order valence-corrected chi connectivity index (χ0v) is 12.7. The number of likely N-dealkylation sites (tertiary alicyclic amines) is 1. The van der Waals surface area contributed by atoms with E-state index >= 15 is 0 Å². The smallest absolute Gasteiger partial charge is 0.311 e. The number of hydrogen-bond donors (Lipinski definition) is 1. The van der Waals surface area contributed by atoms with Gasteiger partial charge in [-0.2, -0.15) is 0 Å². The number of fused-ring (bicyclic) bond motifs is 1. The molecule has 1 aliphatic rings. The van der Waals surface area contributed by atoms with Gasteiger partial charge in [0.1, 0.15) is 0 Å². The number of carboxylic acids is 1. The molecule has 1 saturated heterocycles. The Bertz CT molecular complexity index is 646. The number of rotatable bonds is 2. The maximum atomic E-state index is 12.5. The summed E-state index contributed by atoms with van der Waals surface area (Å²) < 4.78 is 2.24. The zero-order valence-electron chi connectivity index (χ0n) is 11.1. The van der Waals surface area contributed by atoms with E-state index in [9.17, 15) is 14.7 Å². The van der Waals surface area contributed by atoms with E-state index in [-0.39, 0.29) is 5.91 Å². The lowest BCUT2D eigenvalue weighted by molar-refractivity contribution is -0.150. The van der Waals surface area contributed by atoms with E-state index in [1.54, 1.807) is 23.2 Å². The molecule has 1 amide bonds. The number of piperidine rings is 1. The molecule has 6 heteroatoms. The van der Waals surface area contributed by atoms with Gasteiger partial charge >= 0.3 is 5.97 Å². The highest BCUT2D eigenvalue weighted by Gasteiger charge is 2.39. The van der Waals surface area contributed by atoms with Crippen molar-refractivity contribution in [1.82, 2.24) is 4.90 Å². The SMILES string of the molecule is CC1(C(=O)O)CCCN(C(=O)c2cc3sccc3s2)C1. The van der Waals surface area contributed by atoms with Crippen LogP contribution in [0.15, 0.2) is 17.5 Å². The first-order chi connectivity index (χ1) is 9.49. The molecule has 106 valence electrons. The molecule has 3 rings (SSSR count). The number of carboxylic acid groups (broad SMARTS) is 1. The van der Waals surface area contributed by atoms with Crippen molar-refractivity contribution < 1.29 is 14.7 Å². The van der Waals surface area contributed by atoms with Gasteiger partial charge in [-0.15, -0.1) is 22.7 Å². The van der Waals surface area contributed by atoms with Gasteiger partial charge < -0.3 is 10.0 Å². The molecule has 0 bridgehead atoms. The Kier molecular flexibility index (Phi) is 3.30. The van der Waals surface area contributed by atoms with Crippen molar-refractivity contribution in [2.75, 3.05) is 13.1 Å². The molecular formula is C14H15NO3S2. The lowest BCUT2D eigenvalue weighted by Crippen LogP contribution is -2.48. The molecule has 1 N–H and O–H groups in total.